The molecule has 2 aromatic heterocycles. The molecule has 260 valence electrons. The predicted octanol–water partition coefficient (Wildman–Crippen LogP) is 14.7. The van der Waals surface area contributed by atoms with Gasteiger partial charge in [0.15, 0.2) is 0 Å². The average Bonchev–Trinajstić information content (AvgIpc) is 3.79. The molecule has 0 atom stereocenters. The van der Waals surface area contributed by atoms with E-state index in [4.69, 9.17) is 0 Å². The van der Waals surface area contributed by atoms with Crippen molar-refractivity contribution < 1.29 is 0 Å². The second-order valence-electron chi connectivity index (χ2n) is 14.9. The highest BCUT2D eigenvalue weighted by molar-refractivity contribution is 6.26. The monoisotopic (exact) mass is 710 g/mol. The Bertz CT molecular complexity index is 3180. The van der Waals surface area contributed by atoms with Crippen molar-refractivity contribution in [1.29, 1.82) is 0 Å². The maximum atomic E-state index is 2.40. The molecule has 2 nitrogen and oxygen atoms in total. The Morgan fingerprint density at radius 3 is 0.875 bits per heavy atom. The minimum Gasteiger partial charge on any atom is -0.309 e. The number of hydrogen-bond acceptors (Lipinski definition) is 0. The normalized spacial score (nSPS) is 11.9. The van der Waals surface area contributed by atoms with Gasteiger partial charge in [-0.2, -0.15) is 0 Å². The Balaban J connectivity index is 0.994. The van der Waals surface area contributed by atoms with Crippen molar-refractivity contribution >= 4 is 75.9 Å². The van der Waals surface area contributed by atoms with E-state index < -0.39 is 0 Å². The van der Waals surface area contributed by atoms with Crippen molar-refractivity contribution in [2.24, 2.45) is 0 Å². The van der Waals surface area contributed by atoms with E-state index in [2.05, 4.69) is 215 Å². The fraction of sp³-hybridized carbons (Fsp3) is 0. The topological polar surface area (TPSA) is 9.86 Å². The second-order valence-corrected chi connectivity index (χ2v) is 14.9. The first-order valence-electron chi connectivity index (χ1n) is 19.3. The van der Waals surface area contributed by atoms with Gasteiger partial charge in [0.2, 0.25) is 0 Å². The van der Waals surface area contributed by atoms with Crippen molar-refractivity contribution in [2.75, 3.05) is 0 Å². The molecule has 56 heavy (non-hydrogen) atoms. The van der Waals surface area contributed by atoms with Gasteiger partial charge in [0.1, 0.15) is 0 Å². The first-order valence-corrected chi connectivity index (χ1v) is 19.3. The van der Waals surface area contributed by atoms with Crippen molar-refractivity contribution in [3.8, 4) is 33.6 Å². The maximum absolute atomic E-state index is 2.40. The quantitative estimate of drug-likeness (QED) is 0.161. The van der Waals surface area contributed by atoms with Crippen molar-refractivity contribution in [3.63, 3.8) is 0 Å². The van der Waals surface area contributed by atoms with Crippen molar-refractivity contribution in [1.82, 2.24) is 9.13 Å². The highest BCUT2D eigenvalue weighted by Crippen LogP contribution is 2.40. The van der Waals surface area contributed by atoms with E-state index in [0.717, 1.165) is 11.4 Å². The zero-order valence-electron chi connectivity index (χ0n) is 30.5. The lowest BCUT2D eigenvalue weighted by Gasteiger charge is -2.15. The Kier molecular flexibility index (Phi) is 6.66. The zero-order chi connectivity index (χ0) is 36.7. The number of aromatic nitrogens is 2. The predicted molar refractivity (Wildman–Crippen MR) is 239 cm³/mol. The summed E-state index contributed by atoms with van der Waals surface area (Å²) >= 11 is 0. The molecule has 0 saturated heterocycles. The molecule has 2 heteroatoms. The lowest BCUT2D eigenvalue weighted by Crippen LogP contribution is -1.94. The van der Waals surface area contributed by atoms with Gasteiger partial charge in [-0.1, -0.05) is 146 Å². The minimum atomic E-state index is 1.16. The number of fused-ring (bicyclic) bond motifs is 12. The van der Waals surface area contributed by atoms with Crippen molar-refractivity contribution in [3.05, 3.63) is 206 Å². The van der Waals surface area contributed by atoms with Gasteiger partial charge in [-0.05, 0) is 115 Å². The van der Waals surface area contributed by atoms with Gasteiger partial charge in [0.25, 0.3) is 0 Å². The maximum Gasteiger partial charge on any atom is 0.0541 e. The van der Waals surface area contributed by atoms with Gasteiger partial charge in [0.05, 0.1) is 22.1 Å². The molecule has 0 N–H and O–H groups in total. The molecule has 0 radical (unpaired) electrons. The molecule has 0 amide bonds. The van der Waals surface area contributed by atoms with Crippen LogP contribution in [0, 0.1) is 0 Å². The summed E-state index contributed by atoms with van der Waals surface area (Å²) in [5.41, 5.74) is 12.0. The summed E-state index contributed by atoms with van der Waals surface area (Å²) in [6.45, 7) is 0. The van der Waals surface area contributed by atoms with Crippen LogP contribution >= 0.6 is 0 Å². The largest absolute Gasteiger partial charge is 0.309 e. The molecule has 0 fully saturated rings. The average molecular weight is 711 g/mol. The highest BCUT2D eigenvalue weighted by atomic mass is 15.0. The molecule has 0 aliphatic carbocycles. The Labute approximate surface area is 323 Å². The van der Waals surface area contributed by atoms with E-state index in [9.17, 15) is 0 Å². The van der Waals surface area contributed by atoms with Gasteiger partial charge in [-0.25, -0.2) is 0 Å². The summed E-state index contributed by atoms with van der Waals surface area (Å²) in [7, 11) is 0. The van der Waals surface area contributed by atoms with E-state index in [-0.39, 0.29) is 0 Å². The number of para-hydroxylation sites is 4. The summed E-state index contributed by atoms with van der Waals surface area (Å²) in [5, 5.41) is 12.7. The molecule has 0 unspecified atom stereocenters. The Morgan fingerprint density at radius 1 is 0.196 bits per heavy atom. The summed E-state index contributed by atoms with van der Waals surface area (Å²) in [6, 6.07) is 75.8. The van der Waals surface area contributed by atoms with Gasteiger partial charge in [0, 0.05) is 32.9 Å². The number of benzene rings is 10. The molecule has 0 bridgehead atoms. The smallest absolute Gasteiger partial charge is 0.0541 e. The van der Waals surface area contributed by atoms with Crippen LogP contribution in [0.2, 0.25) is 0 Å². The fourth-order valence-electron chi connectivity index (χ4n) is 9.37. The molecular formula is C54H34N2. The molecule has 0 aliphatic heterocycles. The van der Waals surface area contributed by atoms with Gasteiger partial charge in [-0.15, -0.1) is 0 Å². The third-order valence-electron chi connectivity index (χ3n) is 11.9. The lowest BCUT2D eigenvalue weighted by molar-refractivity contribution is 1.18. The molecule has 12 aromatic rings. The van der Waals surface area contributed by atoms with Crippen LogP contribution in [0.3, 0.4) is 0 Å². The van der Waals surface area contributed by atoms with E-state index >= 15 is 0 Å². The highest BCUT2D eigenvalue weighted by Gasteiger charge is 2.16. The summed E-state index contributed by atoms with van der Waals surface area (Å²) in [5.74, 6) is 0. The van der Waals surface area contributed by atoms with Crippen LogP contribution < -0.4 is 0 Å². The van der Waals surface area contributed by atoms with Crippen LogP contribution in [-0.4, -0.2) is 9.13 Å². The standard InChI is InChI=1S/C54H34N2/c1-2-18-42-41(17-1)49-33-37(35-13-11-15-39(31-35)55-51-23-7-3-19-45(51)46-20-4-8-24-52(46)55)27-29-43(49)44-30-28-38(34-50(42)44)36-14-12-16-40(32-36)56-53-25-9-5-21-47(53)48-22-6-10-26-54(48)56/h1-34H. The van der Waals surface area contributed by atoms with Crippen LogP contribution in [0.25, 0.3) is 110 Å². The zero-order valence-corrected chi connectivity index (χ0v) is 30.5. The van der Waals surface area contributed by atoms with Crippen molar-refractivity contribution in [2.45, 2.75) is 0 Å². The lowest BCUT2D eigenvalue weighted by atomic mass is 9.90. The summed E-state index contributed by atoms with van der Waals surface area (Å²) in [4.78, 5) is 0. The van der Waals surface area contributed by atoms with Gasteiger partial charge >= 0.3 is 0 Å². The number of hydrogen-bond donors (Lipinski definition) is 0. The van der Waals surface area contributed by atoms with Crippen LogP contribution in [0.15, 0.2) is 206 Å². The van der Waals surface area contributed by atoms with Crippen LogP contribution in [0.4, 0.5) is 0 Å². The van der Waals surface area contributed by atoms with Gasteiger partial charge < -0.3 is 9.13 Å². The molecule has 12 rings (SSSR count). The summed E-state index contributed by atoms with van der Waals surface area (Å²) < 4.78 is 4.79. The molecule has 0 spiro atoms. The third-order valence-corrected chi connectivity index (χ3v) is 11.9. The molecule has 0 saturated carbocycles. The fourth-order valence-corrected chi connectivity index (χ4v) is 9.37. The number of nitrogens with zero attached hydrogens (tertiary/aromatic N) is 2. The van der Waals surface area contributed by atoms with E-state index in [1.54, 1.807) is 0 Å². The minimum absolute atomic E-state index is 1.16. The third kappa shape index (κ3) is 4.57. The van der Waals surface area contributed by atoms with E-state index in [1.807, 2.05) is 0 Å². The van der Waals surface area contributed by atoms with Crippen LogP contribution in [-0.2, 0) is 0 Å². The van der Waals surface area contributed by atoms with E-state index in [1.165, 1.54) is 98.2 Å². The van der Waals surface area contributed by atoms with Gasteiger partial charge in [-0.3, -0.25) is 0 Å². The first kappa shape index (κ1) is 31.0. The van der Waals surface area contributed by atoms with Crippen LogP contribution in [0.5, 0.6) is 0 Å². The molecule has 0 aliphatic rings. The molecule has 10 aromatic carbocycles. The Hall–Kier alpha value is -7.42. The first-order chi connectivity index (χ1) is 27.8. The second kappa shape index (κ2) is 12.0. The Morgan fingerprint density at radius 2 is 0.500 bits per heavy atom. The summed E-state index contributed by atoms with van der Waals surface area (Å²) in [6.07, 6.45) is 0. The molecular weight excluding hydrogens is 677 g/mol. The van der Waals surface area contributed by atoms with Crippen LogP contribution in [0.1, 0.15) is 0 Å². The number of rotatable bonds is 4. The SMILES string of the molecule is c1cc(-c2ccc3c4ccc(-c5cccc(-n6c7ccccc7c7ccccc76)c5)cc4c4ccccc4c3c2)cc(-n2c3ccccc3c3ccccc32)c1. The molecule has 2 heterocycles. The van der Waals surface area contributed by atoms with E-state index in [0.29, 0.717) is 0 Å².